The highest BCUT2D eigenvalue weighted by molar-refractivity contribution is 6.42. The van der Waals surface area contributed by atoms with Gasteiger partial charge in [-0.1, -0.05) is 29.3 Å². The summed E-state index contributed by atoms with van der Waals surface area (Å²) in [5, 5.41) is 13.8. The zero-order valence-corrected chi connectivity index (χ0v) is 17.4. The molecule has 0 bridgehead atoms. The lowest BCUT2D eigenvalue weighted by Gasteiger charge is -2.16. The summed E-state index contributed by atoms with van der Waals surface area (Å²) in [6.07, 6.45) is 0.247. The van der Waals surface area contributed by atoms with Crippen LogP contribution in [0.2, 0.25) is 10.0 Å². The molecular formula is C21H24Cl2N2O3. The van der Waals surface area contributed by atoms with Crippen LogP contribution in [0, 0.1) is 5.92 Å². The highest BCUT2D eigenvalue weighted by Crippen LogP contribution is 2.48. The van der Waals surface area contributed by atoms with Gasteiger partial charge >= 0.3 is 0 Å². The van der Waals surface area contributed by atoms with E-state index < -0.39 is 6.10 Å². The fourth-order valence-electron chi connectivity index (χ4n) is 3.13. The number of aliphatic hydroxyl groups excluding tert-OH is 1. The zero-order valence-electron chi connectivity index (χ0n) is 15.9. The Morgan fingerprint density at radius 2 is 1.93 bits per heavy atom. The SMILES string of the molecule is CN(C)CC(O)COc1ccc(NC(=O)C2CC2c2ccc(Cl)c(Cl)c2)cc1. The number of likely N-dealkylation sites (N-methyl/N-ethyl adjacent to an activating group) is 1. The largest absolute Gasteiger partial charge is 0.491 e. The zero-order chi connectivity index (χ0) is 20.3. The van der Waals surface area contributed by atoms with E-state index in [-0.39, 0.29) is 24.3 Å². The lowest BCUT2D eigenvalue weighted by Crippen LogP contribution is -2.30. The minimum atomic E-state index is -0.553. The molecule has 150 valence electrons. The topological polar surface area (TPSA) is 61.8 Å². The molecule has 2 aromatic rings. The number of nitrogens with one attached hydrogen (secondary N) is 1. The molecule has 0 saturated heterocycles. The van der Waals surface area contributed by atoms with Gasteiger partial charge in [0, 0.05) is 18.2 Å². The van der Waals surface area contributed by atoms with Crippen LogP contribution < -0.4 is 10.1 Å². The highest BCUT2D eigenvalue weighted by Gasteiger charge is 2.44. The number of amides is 1. The standard InChI is InChI=1S/C21H24Cl2N2O3/c1-25(2)11-15(26)12-28-16-6-4-14(5-7-16)24-21(27)18-10-17(18)13-3-8-19(22)20(23)9-13/h3-9,15,17-18,26H,10-12H2,1-2H3,(H,24,27). The second kappa shape index (κ2) is 9.14. The molecule has 1 aliphatic carbocycles. The summed E-state index contributed by atoms with van der Waals surface area (Å²) >= 11 is 12.0. The molecule has 0 spiro atoms. The number of hydrogen-bond donors (Lipinski definition) is 2. The number of ether oxygens (including phenoxy) is 1. The third kappa shape index (κ3) is 5.61. The maximum absolute atomic E-state index is 12.5. The van der Waals surface area contributed by atoms with Gasteiger partial charge in [-0.05, 0) is 68.4 Å². The van der Waals surface area contributed by atoms with Gasteiger partial charge in [0.1, 0.15) is 18.5 Å². The number of rotatable bonds is 8. The lowest BCUT2D eigenvalue weighted by atomic mass is 10.1. The first-order chi connectivity index (χ1) is 13.3. The first kappa shape index (κ1) is 20.9. The van der Waals surface area contributed by atoms with Gasteiger partial charge in [0.2, 0.25) is 5.91 Å². The van der Waals surface area contributed by atoms with Crippen molar-refractivity contribution >= 4 is 34.8 Å². The summed E-state index contributed by atoms with van der Waals surface area (Å²) in [7, 11) is 3.79. The van der Waals surface area contributed by atoms with Gasteiger partial charge in [0.15, 0.2) is 0 Å². The van der Waals surface area contributed by atoms with Crippen molar-refractivity contribution in [3.63, 3.8) is 0 Å². The van der Waals surface area contributed by atoms with Crippen molar-refractivity contribution in [3.05, 3.63) is 58.1 Å². The van der Waals surface area contributed by atoms with Crippen molar-refractivity contribution in [2.75, 3.05) is 32.6 Å². The van der Waals surface area contributed by atoms with Crippen molar-refractivity contribution in [2.24, 2.45) is 5.92 Å². The van der Waals surface area contributed by atoms with Gasteiger partial charge < -0.3 is 20.1 Å². The van der Waals surface area contributed by atoms with E-state index in [1.807, 2.05) is 31.1 Å². The first-order valence-electron chi connectivity index (χ1n) is 9.15. The predicted molar refractivity (Wildman–Crippen MR) is 112 cm³/mol. The molecule has 1 amide bonds. The minimum absolute atomic E-state index is 0.00820. The summed E-state index contributed by atoms with van der Waals surface area (Å²) in [4.78, 5) is 14.4. The Hall–Kier alpha value is -1.79. The van der Waals surface area contributed by atoms with Crippen LogP contribution >= 0.6 is 23.2 Å². The molecule has 1 aliphatic rings. The third-order valence-electron chi connectivity index (χ3n) is 4.64. The summed E-state index contributed by atoms with van der Waals surface area (Å²) in [6, 6.07) is 12.7. The molecule has 0 aromatic heterocycles. The second-order valence-corrected chi connectivity index (χ2v) is 8.18. The normalized spacial score (nSPS) is 19.4. The van der Waals surface area contributed by atoms with Crippen molar-refractivity contribution in [3.8, 4) is 5.75 Å². The van der Waals surface area contributed by atoms with Gasteiger partial charge in [-0.15, -0.1) is 0 Å². The number of aliphatic hydroxyl groups is 1. The van der Waals surface area contributed by atoms with Crippen molar-refractivity contribution in [1.29, 1.82) is 0 Å². The molecular weight excluding hydrogens is 399 g/mol. The Labute approximate surface area is 175 Å². The fourth-order valence-corrected chi connectivity index (χ4v) is 3.44. The lowest BCUT2D eigenvalue weighted by molar-refractivity contribution is -0.117. The van der Waals surface area contributed by atoms with Crippen LogP contribution in [0.25, 0.3) is 0 Å². The summed E-state index contributed by atoms with van der Waals surface area (Å²) < 4.78 is 5.57. The van der Waals surface area contributed by atoms with Crippen LogP contribution in [0.5, 0.6) is 5.75 Å². The second-order valence-electron chi connectivity index (χ2n) is 7.36. The molecule has 2 N–H and O–H groups in total. The first-order valence-corrected chi connectivity index (χ1v) is 9.90. The van der Waals surface area contributed by atoms with Crippen molar-refractivity contribution in [2.45, 2.75) is 18.4 Å². The van der Waals surface area contributed by atoms with Crippen molar-refractivity contribution < 1.29 is 14.6 Å². The molecule has 0 aliphatic heterocycles. The van der Waals surface area contributed by atoms with Crippen LogP contribution in [-0.4, -0.2) is 49.3 Å². The van der Waals surface area contributed by atoms with Crippen LogP contribution in [0.4, 0.5) is 5.69 Å². The Kier molecular flexibility index (Phi) is 6.83. The Balaban J connectivity index is 1.49. The van der Waals surface area contributed by atoms with Gasteiger partial charge in [0.05, 0.1) is 10.0 Å². The van der Waals surface area contributed by atoms with Crippen LogP contribution in [0.1, 0.15) is 17.9 Å². The number of carbonyl (C=O) groups is 1. The highest BCUT2D eigenvalue weighted by atomic mass is 35.5. The molecule has 5 nitrogen and oxygen atoms in total. The monoisotopic (exact) mass is 422 g/mol. The summed E-state index contributed by atoms with van der Waals surface area (Å²) in [6.45, 7) is 0.757. The molecule has 1 saturated carbocycles. The quantitative estimate of drug-likeness (QED) is 0.673. The number of nitrogens with zero attached hydrogens (tertiary/aromatic N) is 1. The molecule has 0 radical (unpaired) electrons. The van der Waals surface area contributed by atoms with E-state index in [0.29, 0.717) is 28.0 Å². The smallest absolute Gasteiger partial charge is 0.228 e. The van der Waals surface area contributed by atoms with Gasteiger partial charge in [-0.3, -0.25) is 4.79 Å². The molecule has 28 heavy (non-hydrogen) atoms. The van der Waals surface area contributed by atoms with E-state index in [4.69, 9.17) is 27.9 Å². The fraction of sp³-hybridized carbons (Fsp3) is 0.381. The molecule has 2 aromatic carbocycles. The molecule has 1 fully saturated rings. The van der Waals surface area contributed by atoms with Gasteiger partial charge in [-0.25, -0.2) is 0 Å². The Bertz CT molecular complexity index is 827. The summed E-state index contributed by atoms with van der Waals surface area (Å²) in [5.41, 5.74) is 1.75. The average molecular weight is 423 g/mol. The molecule has 3 unspecified atom stereocenters. The summed E-state index contributed by atoms with van der Waals surface area (Å²) in [5.74, 6) is 0.756. The Morgan fingerprint density at radius 1 is 1.21 bits per heavy atom. The Morgan fingerprint density at radius 3 is 2.57 bits per heavy atom. The van der Waals surface area contributed by atoms with E-state index in [1.165, 1.54) is 0 Å². The average Bonchev–Trinajstić information content (AvgIpc) is 3.44. The van der Waals surface area contributed by atoms with Crippen LogP contribution in [0.15, 0.2) is 42.5 Å². The maximum atomic E-state index is 12.5. The van der Waals surface area contributed by atoms with Gasteiger partial charge in [-0.2, -0.15) is 0 Å². The number of benzene rings is 2. The van der Waals surface area contributed by atoms with Gasteiger partial charge in [0.25, 0.3) is 0 Å². The molecule has 3 rings (SSSR count). The van der Waals surface area contributed by atoms with E-state index in [9.17, 15) is 9.90 Å². The third-order valence-corrected chi connectivity index (χ3v) is 5.38. The van der Waals surface area contributed by atoms with Crippen LogP contribution in [0.3, 0.4) is 0 Å². The van der Waals surface area contributed by atoms with E-state index in [0.717, 1.165) is 12.0 Å². The molecule has 0 heterocycles. The van der Waals surface area contributed by atoms with Crippen molar-refractivity contribution in [1.82, 2.24) is 4.90 Å². The van der Waals surface area contributed by atoms with E-state index in [2.05, 4.69) is 5.32 Å². The predicted octanol–water partition coefficient (Wildman–Crippen LogP) is 4.04. The maximum Gasteiger partial charge on any atom is 0.228 e. The number of carbonyl (C=O) groups excluding carboxylic acids is 1. The number of anilines is 1. The molecule has 3 atom stereocenters. The number of halogens is 2. The molecule has 7 heteroatoms. The minimum Gasteiger partial charge on any atom is -0.491 e. The van der Waals surface area contributed by atoms with E-state index in [1.54, 1.807) is 30.3 Å². The van der Waals surface area contributed by atoms with Crippen LogP contribution in [-0.2, 0) is 4.79 Å². The number of hydrogen-bond acceptors (Lipinski definition) is 4. The van der Waals surface area contributed by atoms with E-state index >= 15 is 0 Å².